The molecule has 2 aromatic heterocycles. The number of anilines is 3. The number of para-hydroxylation sites is 1. The van der Waals surface area contributed by atoms with E-state index in [0.29, 0.717) is 17.3 Å². The zero-order chi connectivity index (χ0) is 19.7. The summed E-state index contributed by atoms with van der Waals surface area (Å²) in [5, 5.41) is 4.24. The van der Waals surface area contributed by atoms with Gasteiger partial charge in [-0.2, -0.15) is 4.98 Å². The fourth-order valence-electron chi connectivity index (χ4n) is 3.15. The van der Waals surface area contributed by atoms with E-state index >= 15 is 0 Å². The maximum Gasteiger partial charge on any atom is 0.248 e. The fraction of sp³-hybridized carbons (Fsp3) is 0.136. The van der Waals surface area contributed by atoms with Gasteiger partial charge in [-0.1, -0.05) is 24.3 Å². The highest BCUT2D eigenvalue weighted by Gasteiger charge is 2.13. The van der Waals surface area contributed by atoms with E-state index in [2.05, 4.69) is 26.3 Å². The molecule has 0 saturated heterocycles. The van der Waals surface area contributed by atoms with E-state index in [0.717, 1.165) is 33.4 Å². The number of hydrogen-bond donors (Lipinski definition) is 2. The summed E-state index contributed by atoms with van der Waals surface area (Å²) < 4.78 is 6.02. The minimum atomic E-state index is 0.290. The molecule has 0 saturated carbocycles. The van der Waals surface area contributed by atoms with Crippen molar-refractivity contribution in [2.45, 2.75) is 20.8 Å². The molecule has 2 aromatic carbocycles. The number of nitrogens with two attached hydrogens (primary N) is 1. The zero-order valence-electron chi connectivity index (χ0n) is 16.0. The van der Waals surface area contributed by atoms with Gasteiger partial charge in [0, 0.05) is 16.8 Å². The number of rotatable bonds is 4. The number of pyridine rings is 1. The van der Waals surface area contributed by atoms with Crippen molar-refractivity contribution in [3.8, 4) is 11.6 Å². The molecule has 6 heteroatoms. The summed E-state index contributed by atoms with van der Waals surface area (Å²) in [6.45, 7) is 6.04. The quantitative estimate of drug-likeness (QED) is 0.521. The SMILES string of the molecule is Cc1cc(C)cc(Nc2ncnc(Oc3cccc4ccc(C)nc34)c2N)c1. The molecule has 0 aliphatic heterocycles. The Morgan fingerprint density at radius 1 is 0.929 bits per heavy atom. The highest BCUT2D eigenvalue weighted by molar-refractivity contribution is 5.85. The maximum absolute atomic E-state index is 6.30. The summed E-state index contributed by atoms with van der Waals surface area (Å²) >= 11 is 0. The van der Waals surface area contributed by atoms with Crippen LogP contribution in [0.1, 0.15) is 16.8 Å². The number of ether oxygens (including phenoxy) is 1. The van der Waals surface area contributed by atoms with E-state index in [1.807, 2.05) is 63.2 Å². The topological polar surface area (TPSA) is 86.0 Å². The maximum atomic E-state index is 6.30. The average Bonchev–Trinajstić information content (AvgIpc) is 2.64. The molecule has 2 heterocycles. The van der Waals surface area contributed by atoms with Crippen LogP contribution in [-0.4, -0.2) is 15.0 Å². The third-order valence-corrected chi connectivity index (χ3v) is 4.36. The van der Waals surface area contributed by atoms with E-state index in [1.54, 1.807) is 0 Å². The first kappa shape index (κ1) is 17.7. The lowest BCUT2D eigenvalue weighted by molar-refractivity contribution is 0.469. The van der Waals surface area contributed by atoms with Crippen molar-refractivity contribution < 1.29 is 4.74 Å². The first-order valence-electron chi connectivity index (χ1n) is 8.99. The number of nitrogens with zero attached hydrogens (tertiary/aromatic N) is 3. The molecule has 0 fully saturated rings. The van der Waals surface area contributed by atoms with Gasteiger partial charge in [0.1, 0.15) is 17.5 Å². The van der Waals surface area contributed by atoms with Crippen molar-refractivity contribution in [2.75, 3.05) is 11.1 Å². The lowest BCUT2D eigenvalue weighted by Gasteiger charge is -2.13. The first-order valence-corrected chi connectivity index (χ1v) is 8.99. The first-order chi connectivity index (χ1) is 13.5. The molecule has 0 aliphatic carbocycles. The smallest absolute Gasteiger partial charge is 0.248 e. The van der Waals surface area contributed by atoms with E-state index < -0.39 is 0 Å². The van der Waals surface area contributed by atoms with Gasteiger partial charge in [-0.05, 0) is 56.2 Å². The van der Waals surface area contributed by atoms with Crippen LogP contribution in [0.3, 0.4) is 0 Å². The molecule has 140 valence electrons. The molecule has 28 heavy (non-hydrogen) atoms. The normalized spacial score (nSPS) is 10.8. The van der Waals surface area contributed by atoms with Gasteiger partial charge in [0.05, 0.1) is 0 Å². The van der Waals surface area contributed by atoms with Gasteiger partial charge in [0.25, 0.3) is 0 Å². The Balaban J connectivity index is 1.69. The molecule has 0 atom stereocenters. The summed E-state index contributed by atoms with van der Waals surface area (Å²) in [5.74, 6) is 1.39. The third-order valence-electron chi connectivity index (χ3n) is 4.36. The standard InChI is InChI=1S/C22H21N5O/c1-13-9-14(2)11-17(10-13)27-21-19(23)22(25-12-24-21)28-18-6-4-5-16-8-7-15(3)26-20(16)18/h4-12H,23H2,1-3H3,(H,24,25,27). The molecule has 4 aromatic rings. The van der Waals surface area contributed by atoms with Crippen LogP contribution in [0.5, 0.6) is 11.6 Å². The van der Waals surface area contributed by atoms with E-state index in [1.165, 1.54) is 6.33 Å². The molecule has 0 radical (unpaired) electrons. The molecule has 0 amide bonds. The Morgan fingerprint density at radius 3 is 2.50 bits per heavy atom. The van der Waals surface area contributed by atoms with Gasteiger partial charge < -0.3 is 15.8 Å². The number of benzene rings is 2. The van der Waals surface area contributed by atoms with Crippen LogP contribution in [0.4, 0.5) is 17.2 Å². The summed E-state index contributed by atoms with van der Waals surface area (Å²) in [7, 11) is 0. The number of nitrogens with one attached hydrogen (secondary N) is 1. The Labute approximate surface area is 163 Å². The van der Waals surface area contributed by atoms with Crippen molar-refractivity contribution >= 4 is 28.1 Å². The number of nitrogen functional groups attached to an aromatic ring is 1. The van der Waals surface area contributed by atoms with Crippen molar-refractivity contribution in [1.82, 2.24) is 15.0 Å². The predicted molar refractivity (Wildman–Crippen MR) is 112 cm³/mol. The predicted octanol–water partition coefficient (Wildman–Crippen LogP) is 5.07. The monoisotopic (exact) mass is 371 g/mol. The molecule has 4 rings (SSSR count). The summed E-state index contributed by atoms with van der Waals surface area (Å²) in [6.07, 6.45) is 1.43. The van der Waals surface area contributed by atoms with Gasteiger partial charge >= 0.3 is 0 Å². The van der Waals surface area contributed by atoms with Crippen LogP contribution in [0.2, 0.25) is 0 Å². The molecule has 6 nitrogen and oxygen atoms in total. The summed E-state index contributed by atoms with van der Waals surface area (Å²) in [5.41, 5.74) is 11.5. The second-order valence-corrected chi connectivity index (χ2v) is 6.83. The highest BCUT2D eigenvalue weighted by Crippen LogP contribution is 2.34. The van der Waals surface area contributed by atoms with Crippen LogP contribution in [0.15, 0.2) is 54.9 Å². The fourth-order valence-corrected chi connectivity index (χ4v) is 3.15. The van der Waals surface area contributed by atoms with Crippen LogP contribution in [0, 0.1) is 20.8 Å². The van der Waals surface area contributed by atoms with E-state index in [9.17, 15) is 0 Å². The Bertz CT molecular complexity index is 1150. The van der Waals surface area contributed by atoms with Gasteiger partial charge in [-0.25, -0.2) is 9.97 Å². The number of aromatic nitrogens is 3. The van der Waals surface area contributed by atoms with Crippen molar-refractivity contribution in [1.29, 1.82) is 0 Å². The van der Waals surface area contributed by atoms with Crippen molar-refractivity contribution in [3.05, 3.63) is 71.7 Å². The second kappa shape index (κ2) is 7.15. The van der Waals surface area contributed by atoms with Gasteiger partial charge in [0.2, 0.25) is 5.88 Å². The molecule has 0 unspecified atom stereocenters. The lowest BCUT2D eigenvalue weighted by atomic mass is 10.1. The van der Waals surface area contributed by atoms with E-state index in [-0.39, 0.29) is 5.88 Å². The third kappa shape index (κ3) is 3.57. The van der Waals surface area contributed by atoms with Crippen LogP contribution in [0.25, 0.3) is 10.9 Å². The molecule has 0 spiro atoms. The minimum absolute atomic E-state index is 0.290. The van der Waals surface area contributed by atoms with Crippen molar-refractivity contribution in [2.24, 2.45) is 0 Å². The van der Waals surface area contributed by atoms with Crippen LogP contribution >= 0.6 is 0 Å². The van der Waals surface area contributed by atoms with Crippen molar-refractivity contribution in [3.63, 3.8) is 0 Å². The van der Waals surface area contributed by atoms with Crippen LogP contribution in [-0.2, 0) is 0 Å². The molecular weight excluding hydrogens is 350 g/mol. The largest absolute Gasteiger partial charge is 0.435 e. The molecule has 0 bridgehead atoms. The van der Waals surface area contributed by atoms with Gasteiger partial charge in [-0.3, -0.25) is 0 Å². The van der Waals surface area contributed by atoms with Gasteiger partial charge in [-0.15, -0.1) is 0 Å². The number of fused-ring (bicyclic) bond motifs is 1. The average molecular weight is 371 g/mol. The minimum Gasteiger partial charge on any atom is -0.435 e. The Hall–Kier alpha value is -3.67. The highest BCUT2D eigenvalue weighted by atomic mass is 16.5. The molecule has 3 N–H and O–H groups in total. The Kier molecular flexibility index (Phi) is 4.53. The van der Waals surface area contributed by atoms with Gasteiger partial charge in [0.15, 0.2) is 11.6 Å². The second-order valence-electron chi connectivity index (χ2n) is 6.83. The summed E-state index contributed by atoms with van der Waals surface area (Å²) in [6, 6.07) is 15.9. The molecule has 0 aliphatic rings. The number of aryl methyl sites for hydroxylation is 3. The van der Waals surface area contributed by atoms with E-state index in [4.69, 9.17) is 10.5 Å². The van der Waals surface area contributed by atoms with Crippen LogP contribution < -0.4 is 15.8 Å². The zero-order valence-corrected chi connectivity index (χ0v) is 16.0. The molecular formula is C22H21N5O. The summed E-state index contributed by atoms with van der Waals surface area (Å²) in [4.78, 5) is 13.1. The number of hydrogen-bond acceptors (Lipinski definition) is 6. The Morgan fingerprint density at radius 2 is 1.71 bits per heavy atom. The lowest BCUT2D eigenvalue weighted by Crippen LogP contribution is -2.03.